The third kappa shape index (κ3) is 3.63. The van der Waals surface area contributed by atoms with Crippen LogP contribution in [-0.2, 0) is 20.0 Å². The first kappa shape index (κ1) is 17.7. The largest absolute Gasteiger partial charge is 0.256 e. The maximum absolute atomic E-state index is 12.8. The topological polar surface area (TPSA) is 71.5 Å². The molecule has 0 amide bonds. The van der Waals surface area contributed by atoms with E-state index >= 15 is 0 Å². The normalized spacial score (nSPS) is 12.5. The fourth-order valence-corrected chi connectivity index (χ4v) is 5.94. The predicted molar refractivity (Wildman–Crippen MR) is 89.0 cm³/mol. The van der Waals surface area contributed by atoms with E-state index in [-0.39, 0.29) is 16.3 Å². The summed E-state index contributed by atoms with van der Waals surface area (Å²) in [6, 6.07) is 13.7. The minimum Gasteiger partial charge on any atom is -0.206 e. The lowest BCUT2D eigenvalue weighted by Crippen LogP contribution is -2.37. The molecule has 7 heteroatoms. The quantitative estimate of drug-likeness (QED) is 0.800. The molecule has 2 aromatic carbocycles. The van der Waals surface area contributed by atoms with Gasteiger partial charge in [-0.3, -0.25) is 0 Å². The number of aryl methyl sites for hydroxylation is 1. The Kier molecular flexibility index (Phi) is 5.23. The van der Waals surface area contributed by atoms with Crippen LogP contribution >= 0.6 is 0 Å². The van der Waals surface area contributed by atoms with Gasteiger partial charge in [0.25, 0.3) is 20.0 Å². The molecular formula is C16H19NO4S2. The Hall–Kier alpha value is -1.70. The molecule has 0 aliphatic carbocycles. The number of hydrogen-bond donors (Lipinski definition) is 0. The molecule has 0 radical (unpaired) electrons. The van der Waals surface area contributed by atoms with Gasteiger partial charge in [-0.15, -0.1) is 0 Å². The highest BCUT2D eigenvalue weighted by Crippen LogP contribution is 2.24. The fraction of sp³-hybridized carbons (Fsp3) is 0.250. The second kappa shape index (κ2) is 6.82. The van der Waals surface area contributed by atoms with Gasteiger partial charge in [-0.2, -0.15) is 0 Å². The van der Waals surface area contributed by atoms with Crippen molar-refractivity contribution < 1.29 is 16.8 Å². The minimum absolute atomic E-state index is 0.0314. The first-order chi connectivity index (χ1) is 10.8. The molecule has 2 aromatic rings. The lowest BCUT2D eigenvalue weighted by Gasteiger charge is -2.21. The van der Waals surface area contributed by atoms with Crippen LogP contribution in [0, 0.1) is 6.92 Å². The highest BCUT2D eigenvalue weighted by atomic mass is 32.3. The van der Waals surface area contributed by atoms with Gasteiger partial charge in [-0.05, 0) is 37.6 Å². The molecule has 0 spiro atoms. The molecule has 0 aliphatic heterocycles. The van der Waals surface area contributed by atoms with Crippen LogP contribution in [0.4, 0.5) is 0 Å². The molecule has 0 aliphatic rings. The van der Waals surface area contributed by atoms with Crippen molar-refractivity contribution in [3.8, 4) is 0 Å². The third-order valence-corrected chi connectivity index (χ3v) is 7.65. The molecule has 0 saturated carbocycles. The van der Waals surface area contributed by atoms with Gasteiger partial charge in [0.2, 0.25) is 0 Å². The lowest BCUT2D eigenvalue weighted by atomic mass is 10.2. The third-order valence-electron chi connectivity index (χ3n) is 3.30. The van der Waals surface area contributed by atoms with Crippen molar-refractivity contribution in [3.05, 3.63) is 60.2 Å². The summed E-state index contributed by atoms with van der Waals surface area (Å²) in [4.78, 5) is -0.0693. The van der Waals surface area contributed by atoms with Crippen molar-refractivity contribution in [3.63, 3.8) is 0 Å². The summed E-state index contributed by atoms with van der Waals surface area (Å²) in [5, 5.41) is 0. The predicted octanol–water partition coefficient (Wildman–Crippen LogP) is 2.78. The maximum atomic E-state index is 12.8. The minimum atomic E-state index is -4.14. The van der Waals surface area contributed by atoms with E-state index in [2.05, 4.69) is 0 Å². The molecule has 124 valence electrons. The van der Waals surface area contributed by atoms with Gasteiger partial charge >= 0.3 is 0 Å². The molecule has 0 N–H and O–H groups in total. The Morgan fingerprint density at radius 3 is 1.74 bits per heavy atom. The average Bonchev–Trinajstić information content (AvgIpc) is 2.53. The second-order valence-corrected chi connectivity index (χ2v) is 9.09. The molecule has 0 aromatic heterocycles. The molecule has 5 nitrogen and oxygen atoms in total. The highest BCUT2D eigenvalue weighted by Gasteiger charge is 2.35. The molecule has 0 heterocycles. The van der Waals surface area contributed by atoms with Crippen LogP contribution in [-0.4, -0.2) is 27.1 Å². The van der Waals surface area contributed by atoms with Crippen LogP contribution in [0.1, 0.15) is 18.9 Å². The zero-order chi connectivity index (χ0) is 17.1. The van der Waals surface area contributed by atoms with Gasteiger partial charge in [0.05, 0.1) is 9.79 Å². The lowest BCUT2D eigenvalue weighted by molar-refractivity contribution is 0.495. The van der Waals surface area contributed by atoms with Crippen LogP contribution in [0.3, 0.4) is 0 Å². The highest BCUT2D eigenvalue weighted by molar-refractivity contribution is 8.04. The Bertz CT molecular complexity index is 858. The van der Waals surface area contributed by atoms with Crippen molar-refractivity contribution >= 4 is 20.0 Å². The molecule has 0 atom stereocenters. The van der Waals surface area contributed by atoms with Gasteiger partial charge in [-0.1, -0.05) is 46.5 Å². The van der Waals surface area contributed by atoms with Gasteiger partial charge in [0.1, 0.15) is 0 Å². The molecular weight excluding hydrogens is 334 g/mol. The van der Waals surface area contributed by atoms with E-state index in [9.17, 15) is 16.8 Å². The van der Waals surface area contributed by atoms with Gasteiger partial charge in [-0.25, -0.2) is 16.8 Å². The van der Waals surface area contributed by atoms with Crippen molar-refractivity contribution in [2.75, 3.05) is 6.54 Å². The van der Waals surface area contributed by atoms with E-state index < -0.39 is 20.0 Å². The molecule has 0 unspecified atom stereocenters. The van der Waals surface area contributed by atoms with Gasteiger partial charge < -0.3 is 0 Å². The number of hydrogen-bond acceptors (Lipinski definition) is 4. The molecule has 23 heavy (non-hydrogen) atoms. The van der Waals surface area contributed by atoms with Crippen LogP contribution in [0.15, 0.2) is 64.4 Å². The summed E-state index contributed by atoms with van der Waals surface area (Å²) >= 11 is 0. The molecule has 0 saturated heterocycles. The smallest absolute Gasteiger partial charge is 0.206 e. The van der Waals surface area contributed by atoms with Gasteiger partial charge in [0, 0.05) is 6.54 Å². The van der Waals surface area contributed by atoms with Crippen molar-refractivity contribution in [1.82, 2.24) is 3.71 Å². The standard InChI is InChI=1S/C16H19NO4S2/c1-3-13-17(22(18,19)15-7-5-4-6-8-15)23(20,21)16-11-9-14(2)10-12-16/h4-12H,3,13H2,1-2H3. The zero-order valence-corrected chi connectivity index (χ0v) is 14.6. The van der Waals surface area contributed by atoms with E-state index in [1.807, 2.05) is 6.92 Å². The summed E-state index contributed by atoms with van der Waals surface area (Å²) in [7, 11) is -8.27. The van der Waals surface area contributed by atoms with Crippen molar-refractivity contribution in [2.24, 2.45) is 0 Å². The van der Waals surface area contributed by atoms with Gasteiger partial charge in [0.15, 0.2) is 0 Å². The fourth-order valence-electron chi connectivity index (χ4n) is 2.09. The second-order valence-electron chi connectivity index (χ2n) is 5.13. The van der Waals surface area contributed by atoms with Crippen LogP contribution in [0.5, 0.6) is 0 Å². The Labute approximate surface area is 137 Å². The van der Waals surface area contributed by atoms with Crippen LogP contribution < -0.4 is 0 Å². The number of benzene rings is 2. The van der Waals surface area contributed by atoms with E-state index in [1.165, 1.54) is 24.3 Å². The van der Waals surface area contributed by atoms with Crippen molar-refractivity contribution in [1.29, 1.82) is 0 Å². The van der Waals surface area contributed by atoms with Crippen LogP contribution in [0.2, 0.25) is 0 Å². The van der Waals surface area contributed by atoms with E-state index in [0.717, 1.165) is 5.56 Å². The summed E-state index contributed by atoms with van der Waals surface area (Å²) in [6.07, 6.45) is 0.386. The average molecular weight is 353 g/mol. The monoisotopic (exact) mass is 353 g/mol. The van der Waals surface area contributed by atoms with E-state index in [1.54, 1.807) is 37.3 Å². The molecule has 0 fully saturated rings. The number of nitrogens with zero attached hydrogens (tertiary/aromatic N) is 1. The molecule has 0 bridgehead atoms. The summed E-state index contributed by atoms with van der Waals surface area (Å²) < 4.78 is 51.7. The Balaban J connectivity index is 2.56. The number of rotatable bonds is 6. The summed E-state index contributed by atoms with van der Waals surface area (Å²) in [6.45, 7) is 3.46. The van der Waals surface area contributed by atoms with Crippen molar-refractivity contribution in [2.45, 2.75) is 30.1 Å². The van der Waals surface area contributed by atoms with E-state index in [0.29, 0.717) is 10.1 Å². The van der Waals surface area contributed by atoms with E-state index in [4.69, 9.17) is 0 Å². The summed E-state index contributed by atoms with van der Waals surface area (Å²) in [5.41, 5.74) is 0.900. The van der Waals surface area contributed by atoms with Crippen LogP contribution in [0.25, 0.3) is 0 Å². The first-order valence-corrected chi connectivity index (χ1v) is 10.1. The number of sulfonamides is 2. The first-order valence-electron chi connectivity index (χ1n) is 7.20. The molecule has 2 rings (SSSR count). The summed E-state index contributed by atoms with van der Waals surface area (Å²) in [5.74, 6) is 0. The Morgan fingerprint density at radius 1 is 0.783 bits per heavy atom. The Morgan fingerprint density at radius 2 is 1.26 bits per heavy atom. The SMILES string of the molecule is CCCN(S(=O)(=O)c1ccccc1)S(=O)(=O)c1ccc(C)cc1. The maximum Gasteiger partial charge on any atom is 0.256 e. The zero-order valence-electron chi connectivity index (χ0n) is 13.0.